The van der Waals surface area contributed by atoms with Crippen LogP contribution < -0.4 is 0 Å². The van der Waals surface area contributed by atoms with Crippen molar-refractivity contribution in [3.63, 3.8) is 0 Å². The summed E-state index contributed by atoms with van der Waals surface area (Å²) in [6, 6.07) is 24.8. The summed E-state index contributed by atoms with van der Waals surface area (Å²) in [7, 11) is 0. The average molecular weight is 419 g/mol. The van der Waals surface area contributed by atoms with Crippen molar-refractivity contribution < 1.29 is 9.18 Å². The second-order valence-electron chi connectivity index (χ2n) is 7.96. The monoisotopic (exact) mass is 419 g/mol. The summed E-state index contributed by atoms with van der Waals surface area (Å²) in [5, 5.41) is 2.17. The number of nitrogens with one attached hydrogen (secondary N) is 1. The number of H-pyrrole nitrogens is 1. The van der Waals surface area contributed by atoms with Crippen LogP contribution in [0.2, 0.25) is 0 Å². The molecule has 5 heteroatoms. The molecule has 0 aliphatic heterocycles. The number of aldehydes is 1. The molecule has 0 aliphatic carbocycles. The molecule has 4 nitrogen and oxygen atoms in total. The standard InChI is InChI=1S/C27H18FN3O/c1-16-13-19(11-9-17(16)15-32)31-24-7-3-2-5-20(24)26-21(6-4-8-25(26)31)27-29-22-12-10-18(28)14-23(22)30-27/h2-15H,1H3,(H,29,30). The van der Waals surface area contributed by atoms with Gasteiger partial charge in [0, 0.05) is 27.6 Å². The van der Waals surface area contributed by atoms with Gasteiger partial charge in [-0.15, -0.1) is 0 Å². The zero-order valence-electron chi connectivity index (χ0n) is 17.3. The maximum atomic E-state index is 13.7. The fourth-order valence-electron chi connectivity index (χ4n) is 4.54. The number of aromatic nitrogens is 3. The molecule has 0 saturated carbocycles. The Bertz CT molecular complexity index is 1680. The molecule has 1 N–H and O–H groups in total. The molecule has 2 aromatic heterocycles. The van der Waals surface area contributed by atoms with Gasteiger partial charge in [0.05, 0.1) is 22.1 Å². The van der Waals surface area contributed by atoms with Crippen molar-refractivity contribution in [2.75, 3.05) is 0 Å². The quantitative estimate of drug-likeness (QED) is 0.329. The molecule has 4 aromatic carbocycles. The second kappa shape index (κ2) is 6.89. The van der Waals surface area contributed by atoms with Crippen LogP contribution in [0, 0.1) is 12.7 Å². The van der Waals surface area contributed by atoms with Crippen molar-refractivity contribution >= 4 is 39.1 Å². The van der Waals surface area contributed by atoms with Gasteiger partial charge in [0.15, 0.2) is 0 Å². The highest BCUT2D eigenvalue weighted by atomic mass is 19.1. The molecular formula is C27H18FN3O. The van der Waals surface area contributed by atoms with E-state index in [1.807, 2.05) is 49.4 Å². The van der Waals surface area contributed by atoms with E-state index in [1.54, 1.807) is 6.07 Å². The first-order valence-corrected chi connectivity index (χ1v) is 10.4. The first kappa shape index (κ1) is 18.5. The van der Waals surface area contributed by atoms with Gasteiger partial charge in [0.1, 0.15) is 17.9 Å². The lowest BCUT2D eigenvalue weighted by molar-refractivity contribution is 0.112. The Labute approximate surface area is 182 Å². The van der Waals surface area contributed by atoms with Gasteiger partial charge in [-0.3, -0.25) is 4.79 Å². The normalized spacial score (nSPS) is 11.6. The number of para-hydroxylation sites is 1. The Balaban J connectivity index is 1.69. The lowest BCUT2D eigenvalue weighted by atomic mass is 10.1. The number of carbonyl (C=O) groups excluding carboxylic acids is 1. The summed E-state index contributed by atoms with van der Waals surface area (Å²) in [5.74, 6) is 0.406. The van der Waals surface area contributed by atoms with Crippen LogP contribution in [0.1, 0.15) is 15.9 Å². The van der Waals surface area contributed by atoms with E-state index in [9.17, 15) is 9.18 Å². The third kappa shape index (κ3) is 2.68. The highest BCUT2D eigenvalue weighted by molar-refractivity contribution is 6.15. The van der Waals surface area contributed by atoms with E-state index in [2.05, 4.69) is 27.8 Å². The minimum absolute atomic E-state index is 0.295. The number of carbonyl (C=O) groups is 1. The van der Waals surface area contributed by atoms with Crippen molar-refractivity contribution in [2.45, 2.75) is 6.92 Å². The Kier molecular flexibility index (Phi) is 3.98. The van der Waals surface area contributed by atoms with Crippen LogP contribution in [0.5, 0.6) is 0 Å². The summed E-state index contributed by atoms with van der Waals surface area (Å²) in [6.45, 7) is 1.94. The molecule has 0 spiro atoms. The third-order valence-electron chi connectivity index (χ3n) is 6.04. The van der Waals surface area contributed by atoms with Crippen LogP contribution in [0.15, 0.2) is 78.9 Å². The van der Waals surface area contributed by atoms with Gasteiger partial charge in [-0.05, 0) is 61.0 Å². The highest BCUT2D eigenvalue weighted by Gasteiger charge is 2.18. The van der Waals surface area contributed by atoms with Crippen molar-refractivity contribution in [2.24, 2.45) is 0 Å². The number of aromatic amines is 1. The first-order chi connectivity index (χ1) is 15.6. The summed E-state index contributed by atoms with van der Waals surface area (Å²) < 4.78 is 15.9. The number of fused-ring (bicyclic) bond motifs is 4. The molecule has 0 amide bonds. The summed E-state index contributed by atoms with van der Waals surface area (Å²) in [6.07, 6.45) is 0.882. The van der Waals surface area contributed by atoms with E-state index in [1.165, 1.54) is 12.1 Å². The maximum Gasteiger partial charge on any atom is 0.150 e. The largest absolute Gasteiger partial charge is 0.338 e. The Hall–Kier alpha value is -4.25. The second-order valence-corrected chi connectivity index (χ2v) is 7.96. The SMILES string of the molecule is Cc1cc(-n2c3ccccc3c3c(-c4nc5ccc(F)cc5[nH]4)cccc32)ccc1C=O. The lowest BCUT2D eigenvalue weighted by Crippen LogP contribution is -1.96. The number of rotatable bonds is 3. The van der Waals surface area contributed by atoms with Crippen LogP contribution in [0.25, 0.3) is 49.9 Å². The van der Waals surface area contributed by atoms with E-state index in [4.69, 9.17) is 4.98 Å². The van der Waals surface area contributed by atoms with Crippen molar-refractivity contribution in [3.8, 4) is 17.1 Å². The number of hydrogen-bond acceptors (Lipinski definition) is 2. The van der Waals surface area contributed by atoms with Gasteiger partial charge in [-0.25, -0.2) is 9.37 Å². The van der Waals surface area contributed by atoms with Crippen molar-refractivity contribution in [1.82, 2.24) is 14.5 Å². The number of nitrogens with zero attached hydrogens (tertiary/aromatic N) is 2. The van der Waals surface area contributed by atoms with E-state index in [0.717, 1.165) is 50.4 Å². The third-order valence-corrected chi connectivity index (χ3v) is 6.04. The fourth-order valence-corrected chi connectivity index (χ4v) is 4.54. The molecular weight excluding hydrogens is 401 g/mol. The van der Waals surface area contributed by atoms with Gasteiger partial charge < -0.3 is 9.55 Å². The number of imidazole rings is 1. The molecule has 0 bridgehead atoms. The summed E-state index contributed by atoms with van der Waals surface area (Å²) in [4.78, 5) is 19.3. The molecule has 0 atom stereocenters. The molecule has 2 heterocycles. The Morgan fingerprint density at radius 2 is 1.78 bits per heavy atom. The molecule has 0 radical (unpaired) electrons. The summed E-state index contributed by atoms with van der Waals surface area (Å²) >= 11 is 0. The maximum absolute atomic E-state index is 13.7. The molecule has 6 aromatic rings. The number of aryl methyl sites for hydroxylation is 1. The molecule has 0 saturated heterocycles. The van der Waals surface area contributed by atoms with Gasteiger partial charge in [-0.2, -0.15) is 0 Å². The van der Waals surface area contributed by atoms with Gasteiger partial charge >= 0.3 is 0 Å². The van der Waals surface area contributed by atoms with Crippen molar-refractivity contribution in [3.05, 3.63) is 95.8 Å². The summed E-state index contributed by atoms with van der Waals surface area (Å²) in [5.41, 5.74) is 7.05. The van der Waals surface area contributed by atoms with Gasteiger partial charge in [0.25, 0.3) is 0 Å². The van der Waals surface area contributed by atoms with Crippen molar-refractivity contribution in [1.29, 1.82) is 0 Å². The molecule has 6 rings (SSSR count). The molecule has 0 fully saturated rings. The van der Waals surface area contributed by atoms with E-state index in [-0.39, 0.29) is 5.82 Å². The molecule has 32 heavy (non-hydrogen) atoms. The predicted molar refractivity (Wildman–Crippen MR) is 126 cm³/mol. The minimum atomic E-state index is -0.295. The van der Waals surface area contributed by atoms with Gasteiger partial charge in [-0.1, -0.05) is 30.3 Å². The lowest BCUT2D eigenvalue weighted by Gasteiger charge is -2.10. The zero-order valence-corrected chi connectivity index (χ0v) is 17.3. The van der Waals surface area contributed by atoms with Gasteiger partial charge in [0.2, 0.25) is 0 Å². The smallest absolute Gasteiger partial charge is 0.150 e. The van der Waals surface area contributed by atoms with Crippen LogP contribution in [-0.4, -0.2) is 20.8 Å². The Morgan fingerprint density at radius 1 is 0.938 bits per heavy atom. The number of hydrogen-bond donors (Lipinski definition) is 1. The van der Waals surface area contributed by atoms with Crippen LogP contribution in [-0.2, 0) is 0 Å². The molecule has 0 aliphatic rings. The van der Waals surface area contributed by atoms with E-state index < -0.39 is 0 Å². The zero-order chi connectivity index (χ0) is 21.8. The highest BCUT2D eigenvalue weighted by Crippen LogP contribution is 2.38. The minimum Gasteiger partial charge on any atom is -0.338 e. The molecule has 154 valence electrons. The van der Waals surface area contributed by atoms with E-state index in [0.29, 0.717) is 16.9 Å². The fraction of sp³-hybridized carbons (Fsp3) is 0.0370. The number of halogens is 1. The first-order valence-electron chi connectivity index (χ1n) is 10.4. The average Bonchev–Trinajstić information content (AvgIpc) is 3.37. The van der Waals surface area contributed by atoms with Crippen LogP contribution >= 0.6 is 0 Å². The Morgan fingerprint density at radius 3 is 2.62 bits per heavy atom. The van der Waals surface area contributed by atoms with E-state index >= 15 is 0 Å². The molecule has 0 unspecified atom stereocenters. The van der Waals surface area contributed by atoms with Crippen LogP contribution in [0.3, 0.4) is 0 Å². The predicted octanol–water partition coefficient (Wildman–Crippen LogP) is 6.59. The number of benzene rings is 4. The topological polar surface area (TPSA) is 50.7 Å². The van der Waals surface area contributed by atoms with Crippen LogP contribution in [0.4, 0.5) is 4.39 Å².